The fraction of sp³-hybridized carbons (Fsp3) is 0.412. The van der Waals surface area contributed by atoms with Gasteiger partial charge in [-0.2, -0.15) is 15.6 Å². The number of methoxy groups -OCH3 is 1. The average molecular weight is 401 g/mol. The zero-order valence-corrected chi connectivity index (χ0v) is 16.4. The van der Waals surface area contributed by atoms with E-state index in [1.807, 2.05) is 0 Å². The number of benzene rings is 1. The van der Waals surface area contributed by atoms with Gasteiger partial charge in [0.1, 0.15) is 10.6 Å². The third kappa shape index (κ3) is 4.35. The topological polar surface area (TPSA) is 49.9 Å². The molecule has 136 valence electrons. The van der Waals surface area contributed by atoms with E-state index in [0.717, 1.165) is 19.5 Å². The van der Waals surface area contributed by atoms with E-state index >= 15 is 0 Å². The molecule has 5 nitrogen and oxygen atoms in total. The van der Waals surface area contributed by atoms with E-state index in [-0.39, 0.29) is 4.90 Å². The summed E-state index contributed by atoms with van der Waals surface area (Å²) < 4.78 is 32.9. The van der Waals surface area contributed by atoms with Crippen LogP contribution in [-0.4, -0.2) is 50.9 Å². The minimum Gasteiger partial charge on any atom is -0.495 e. The van der Waals surface area contributed by atoms with Crippen molar-refractivity contribution in [1.29, 1.82) is 0 Å². The summed E-state index contributed by atoms with van der Waals surface area (Å²) in [6, 6.07) is 6.80. The second kappa shape index (κ2) is 8.05. The zero-order chi connectivity index (χ0) is 17.9. The predicted molar refractivity (Wildman–Crippen MR) is 101 cm³/mol. The molecule has 1 aromatic carbocycles. The molecule has 0 aliphatic carbocycles. The third-order valence-electron chi connectivity index (χ3n) is 4.28. The lowest BCUT2D eigenvalue weighted by Crippen LogP contribution is -2.35. The summed E-state index contributed by atoms with van der Waals surface area (Å²) in [5.41, 5.74) is 1.28. The van der Waals surface area contributed by atoms with E-state index in [4.69, 9.17) is 16.3 Å². The van der Waals surface area contributed by atoms with Crippen LogP contribution >= 0.6 is 22.9 Å². The highest BCUT2D eigenvalue weighted by Crippen LogP contribution is 2.30. The fourth-order valence-corrected chi connectivity index (χ4v) is 5.53. The van der Waals surface area contributed by atoms with Gasteiger partial charge in [-0.15, -0.1) is 0 Å². The largest absolute Gasteiger partial charge is 0.495 e. The highest BCUT2D eigenvalue weighted by Gasteiger charge is 2.29. The smallest absolute Gasteiger partial charge is 0.246 e. The molecule has 1 saturated heterocycles. The fourth-order valence-electron chi connectivity index (χ4n) is 2.98. The van der Waals surface area contributed by atoms with Crippen LogP contribution in [-0.2, 0) is 16.6 Å². The lowest BCUT2D eigenvalue weighted by molar-refractivity contribution is 0.279. The summed E-state index contributed by atoms with van der Waals surface area (Å²) >= 11 is 7.69. The molecule has 0 unspecified atom stereocenters. The lowest BCUT2D eigenvalue weighted by Gasteiger charge is -2.22. The van der Waals surface area contributed by atoms with Crippen LogP contribution < -0.4 is 4.74 Å². The maximum Gasteiger partial charge on any atom is 0.246 e. The molecule has 1 fully saturated rings. The molecule has 8 heteroatoms. The molecule has 2 heterocycles. The Balaban J connectivity index is 1.76. The van der Waals surface area contributed by atoms with Crippen molar-refractivity contribution in [3.05, 3.63) is 45.6 Å². The molecular formula is C17H21ClN2O3S2. The molecule has 0 saturated carbocycles. The Hall–Kier alpha value is -1.12. The Morgan fingerprint density at radius 2 is 2.04 bits per heavy atom. The van der Waals surface area contributed by atoms with Crippen molar-refractivity contribution in [1.82, 2.24) is 9.21 Å². The maximum atomic E-state index is 13.1. The number of sulfonamides is 1. The van der Waals surface area contributed by atoms with Gasteiger partial charge in [0.05, 0.1) is 7.11 Å². The van der Waals surface area contributed by atoms with Gasteiger partial charge in [-0.25, -0.2) is 8.42 Å². The third-order valence-corrected chi connectivity index (χ3v) is 7.16. The first kappa shape index (κ1) is 18.7. The van der Waals surface area contributed by atoms with Crippen LogP contribution in [0, 0.1) is 0 Å². The van der Waals surface area contributed by atoms with Gasteiger partial charge < -0.3 is 4.74 Å². The summed E-state index contributed by atoms with van der Waals surface area (Å²) in [6.45, 7) is 3.41. The Kier molecular flexibility index (Phi) is 6.01. The monoisotopic (exact) mass is 400 g/mol. The number of nitrogens with zero attached hydrogens (tertiary/aromatic N) is 2. The first-order valence-electron chi connectivity index (χ1n) is 8.08. The SMILES string of the molecule is COc1ccc(Cl)cc1S(=O)(=O)N1CCCN(Cc2ccsc2)CC1. The number of thiophene rings is 1. The molecule has 0 radical (unpaired) electrons. The summed E-state index contributed by atoms with van der Waals surface area (Å²) in [6.07, 6.45) is 0.798. The maximum absolute atomic E-state index is 13.1. The zero-order valence-electron chi connectivity index (χ0n) is 14.0. The quantitative estimate of drug-likeness (QED) is 0.772. The number of hydrogen-bond donors (Lipinski definition) is 0. The molecule has 0 N–H and O–H groups in total. The van der Waals surface area contributed by atoms with E-state index in [1.165, 1.54) is 23.0 Å². The van der Waals surface area contributed by atoms with Crippen LogP contribution in [0.5, 0.6) is 5.75 Å². The van der Waals surface area contributed by atoms with Gasteiger partial charge in [-0.1, -0.05) is 11.6 Å². The van der Waals surface area contributed by atoms with Gasteiger partial charge in [-0.3, -0.25) is 4.90 Å². The van der Waals surface area contributed by atoms with E-state index in [2.05, 4.69) is 21.7 Å². The molecule has 0 spiro atoms. The predicted octanol–water partition coefficient (Wildman–Crippen LogP) is 3.31. The van der Waals surface area contributed by atoms with Crippen molar-refractivity contribution < 1.29 is 13.2 Å². The van der Waals surface area contributed by atoms with Crippen molar-refractivity contribution in [3.8, 4) is 5.75 Å². The molecule has 1 aliphatic heterocycles. The molecule has 25 heavy (non-hydrogen) atoms. The summed E-state index contributed by atoms with van der Waals surface area (Å²) in [5, 5.41) is 4.58. The van der Waals surface area contributed by atoms with Gasteiger partial charge in [0, 0.05) is 31.2 Å². The van der Waals surface area contributed by atoms with Gasteiger partial charge in [0.2, 0.25) is 10.0 Å². The second-order valence-corrected chi connectivity index (χ2v) is 9.08. The van der Waals surface area contributed by atoms with Gasteiger partial charge in [0.25, 0.3) is 0 Å². The molecule has 2 aromatic rings. The van der Waals surface area contributed by atoms with E-state index < -0.39 is 10.0 Å². The van der Waals surface area contributed by atoms with Crippen LogP contribution in [0.1, 0.15) is 12.0 Å². The first-order valence-corrected chi connectivity index (χ1v) is 10.8. The normalized spacial score (nSPS) is 17.4. The molecule has 1 aliphatic rings. The number of halogens is 1. The highest BCUT2D eigenvalue weighted by molar-refractivity contribution is 7.89. The molecule has 1 aromatic heterocycles. The van der Waals surface area contributed by atoms with Crippen molar-refractivity contribution in [2.75, 3.05) is 33.3 Å². The second-order valence-electron chi connectivity index (χ2n) is 5.96. The minimum absolute atomic E-state index is 0.133. The lowest BCUT2D eigenvalue weighted by atomic mass is 10.3. The molecule has 0 bridgehead atoms. The number of ether oxygens (including phenoxy) is 1. The van der Waals surface area contributed by atoms with Crippen molar-refractivity contribution in [2.45, 2.75) is 17.9 Å². The van der Waals surface area contributed by atoms with Crippen molar-refractivity contribution in [3.63, 3.8) is 0 Å². The van der Waals surface area contributed by atoms with Crippen LogP contribution in [0.4, 0.5) is 0 Å². The van der Waals surface area contributed by atoms with E-state index in [0.29, 0.717) is 30.4 Å². The Labute approximate surface area is 157 Å². The van der Waals surface area contributed by atoms with E-state index in [9.17, 15) is 8.42 Å². The Morgan fingerprint density at radius 3 is 2.76 bits per heavy atom. The molecular weight excluding hydrogens is 380 g/mol. The van der Waals surface area contributed by atoms with Crippen LogP contribution in [0.3, 0.4) is 0 Å². The summed E-state index contributed by atoms with van der Waals surface area (Å²) in [7, 11) is -2.17. The van der Waals surface area contributed by atoms with Gasteiger partial charge in [0.15, 0.2) is 0 Å². The van der Waals surface area contributed by atoms with Crippen molar-refractivity contribution >= 4 is 33.0 Å². The summed E-state index contributed by atoms with van der Waals surface area (Å²) in [5.74, 6) is 0.323. The molecule has 0 amide bonds. The molecule has 0 atom stereocenters. The highest BCUT2D eigenvalue weighted by atomic mass is 35.5. The minimum atomic E-state index is -3.64. The summed E-state index contributed by atoms with van der Waals surface area (Å²) in [4.78, 5) is 2.43. The standard InChI is InChI=1S/C17H21ClN2O3S2/c1-23-16-4-3-15(18)11-17(16)25(21,22)20-7-2-6-19(8-9-20)12-14-5-10-24-13-14/h3-5,10-11,13H,2,6-9,12H2,1H3. The Bertz CT molecular complexity index is 809. The molecule has 3 rings (SSSR count). The van der Waals surface area contributed by atoms with E-state index in [1.54, 1.807) is 23.5 Å². The van der Waals surface area contributed by atoms with Gasteiger partial charge in [-0.05, 0) is 53.6 Å². The first-order chi connectivity index (χ1) is 12.0. The van der Waals surface area contributed by atoms with Crippen LogP contribution in [0.25, 0.3) is 0 Å². The van der Waals surface area contributed by atoms with Crippen LogP contribution in [0.2, 0.25) is 5.02 Å². The van der Waals surface area contributed by atoms with Gasteiger partial charge >= 0.3 is 0 Å². The number of rotatable bonds is 5. The number of hydrogen-bond acceptors (Lipinski definition) is 5. The Morgan fingerprint density at radius 1 is 1.20 bits per heavy atom. The van der Waals surface area contributed by atoms with Crippen LogP contribution in [0.15, 0.2) is 39.9 Å². The average Bonchev–Trinajstić information content (AvgIpc) is 2.98. The van der Waals surface area contributed by atoms with Crippen molar-refractivity contribution in [2.24, 2.45) is 0 Å².